The minimum atomic E-state index is -0.279. The second kappa shape index (κ2) is 6.34. The molecule has 1 amide bonds. The van der Waals surface area contributed by atoms with E-state index < -0.39 is 0 Å². The van der Waals surface area contributed by atoms with Crippen LogP contribution in [0.1, 0.15) is 23.7 Å². The molecule has 0 fully saturated rings. The summed E-state index contributed by atoms with van der Waals surface area (Å²) < 4.78 is 4.98. The van der Waals surface area contributed by atoms with Crippen molar-refractivity contribution in [2.75, 3.05) is 13.7 Å². The molecule has 20 heavy (non-hydrogen) atoms. The van der Waals surface area contributed by atoms with Crippen molar-refractivity contribution in [1.82, 2.24) is 10.3 Å². The van der Waals surface area contributed by atoms with Crippen LogP contribution in [-0.4, -0.2) is 30.6 Å². The molecule has 0 aliphatic rings. The van der Waals surface area contributed by atoms with Crippen LogP contribution in [0, 0.1) is 0 Å². The van der Waals surface area contributed by atoms with E-state index >= 15 is 0 Å². The molecule has 1 atom stereocenters. The van der Waals surface area contributed by atoms with Crippen LogP contribution >= 0.6 is 0 Å². The highest BCUT2D eigenvalue weighted by Gasteiger charge is 2.13. The van der Waals surface area contributed by atoms with Crippen LogP contribution in [0.3, 0.4) is 0 Å². The zero-order valence-corrected chi connectivity index (χ0v) is 11.6. The normalized spacial score (nSPS) is 12.3. The van der Waals surface area contributed by atoms with Gasteiger partial charge >= 0.3 is 0 Å². The van der Waals surface area contributed by atoms with Gasteiger partial charge in [-0.2, -0.15) is 0 Å². The Morgan fingerprint density at radius 2 is 2.15 bits per heavy atom. The second-order valence-corrected chi connectivity index (χ2v) is 4.75. The van der Waals surface area contributed by atoms with Gasteiger partial charge in [0.25, 0.3) is 5.91 Å². The summed E-state index contributed by atoms with van der Waals surface area (Å²) in [6.45, 7) is 2.49. The molecule has 5 heteroatoms. The summed E-state index contributed by atoms with van der Waals surface area (Å²) in [7, 11) is 1.62. The number of carbonyl (C=O) groups is 1. The van der Waals surface area contributed by atoms with Crippen molar-refractivity contribution in [2.24, 2.45) is 0 Å². The topological polar surface area (TPSA) is 71.2 Å². The summed E-state index contributed by atoms with van der Waals surface area (Å²) >= 11 is 0. The van der Waals surface area contributed by atoms with Gasteiger partial charge in [0, 0.05) is 36.7 Å². The fourth-order valence-corrected chi connectivity index (χ4v) is 2.06. The zero-order chi connectivity index (χ0) is 14.5. The lowest BCUT2D eigenvalue weighted by Crippen LogP contribution is -2.34. The number of aromatic amines is 1. The summed E-state index contributed by atoms with van der Waals surface area (Å²) in [5.74, 6) is -0.240. The van der Waals surface area contributed by atoms with Crippen LogP contribution in [0.15, 0.2) is 35.1 Å². The van der Waals surface area contributed by atoms with E-state index in [4.69, 9.17) is 4.74 Å². The molecule has 1 aromatic heterocycles. The Morgan fingerprint density at radius 3 is 2.90 bits per heavy atom. The minimum Gasteiger partial charge on any atom is -0.385 e. The highest BCUT2D eigenvalue weighted by atomic mass is 16.5. The Balaban J connectivity index is 2.28. The second-order valence-electron chi connectivity index (χ2n) is 4.75. The largest absolute Gasteiger partial charge is 0.385 e. The first-order valence-corrected chi connectivity index (χ1v) is 6.53. The highest BCUT2D eigenvalue weighted by molar-refractivity contribution is 6.06. The number of nitrogens with one attached hydrogen (secondary N) is 2. The number of pyridine rings is 1. The number of methoxy groups -OCH3 is 1. The molecule has 2 aromatic rings. The minimum absolute atomic E-state index is 0.0134. The molecule has 0 aliphatic heterocycles. The maximum atomic E-state index is 12.3. The SMILES string of the molecule is COCC[C@H](C)NC(=O)c1cc(=O)[nH]c2ccccc12. The van der Waals surface area contributed by atoms with E-state index in [9.17, 15) is 9.59 Å². The van der Waals surface area contributed by atoms with Gasteiger partial charge in [0.05, 0.1) is 5.56 Å². The van der Waals surface area contributed by atoms with E-state index in [1.807, 2.05) is 25.1 Å². The van der Waals surface area contributed by atoms with Crippen molar-refractivity contribution >= 4 is 16.8 Å². The summed E-state index contributed by atoms with van der Waals surface area (Å²) in [4.78, 5) is 26.6. The molecular formula is C15H18N2O3. The molecule has 0 unspecified atom stereocenters. The molecule has 0 saturated carbocycles. The molecule has 0 aliphatic carbocycles. The number of carbonyl (C=O) groups excluding carboxylic acids is 1. The van der Waals surface area contributed by atoms with E-state index in [2.05, 4.69) is 10.3 Å². The van der Waals surface area contributed by atoms with Crippen molar-refractivity contribution in [3.8, 4) is 0 Å². The quantitative estimate of drug-likeness (QED) is 0.871. The van der Waals surface area contributed by atoms with Crippen LogP contribution in [0.5, 0.6) is 0 Å². The van der Waals surface area contributed by atoms with Crippen LogP contribution in [0.25, 0.3) is 10.9 Å². The lowest BCUT2D eigenvalue weighted by atomic mass is 10.1. The van der Waals surface area contributed by atoms with Gasteiger partial charge < -0.3 is 15.0 Å². The maximum absolute atomic E-state index is 12.3. The Bertz CT molecular complexity index is 663. The standard InChI is InChI=1S/C15H18N2O3/c1-10(7-8-20-2)16-15(19)12-9-14(18)17-13-6-4-3-5-11(12)13/h3-6,9-10H,7-8H2,1-2H3,(H,16,19)(H,17,18)/t10-/m0/s1. The van der Waals surface area contributed by atoms with E-state index in [-0.39, 0.29) is 17.5 Å². The lowest BCUT2D eigenvalue weighted by molar-refractivity contribution is 0.0931. The lowest BCUT2D eigenvalue weighted by Gasteiger charge is -2.14. The smallest absolute Gasteiger partial charge is 0.252 e. The molecule has 2 N–H and O–H groups in total. The number of hydrogen-bond donors (Lipinski definition) is 2. The van der Waals surface area contributed by atoms with Crippen LogP contribution in [-0.2, 0) is 4.74 Å². The Hall–Kier alpha value is -2.14. The van der Waals surface area contributed by atoms with Gasteiger partial charge in [0.2, 0.25) is 5.56 Å². The molecule has 1 heterocycles. The van der Waals surface area contributed by atoms with Crippen molar-refractivity contribution in [3.63, 3.8) is 0 Å². The van der Waals surface area contributed by atoms with E-state index in [0.29, 0.717) is 17.7 Å². The van der Waals surface area contributed by atoms with Gasteiger partial charge in [0.1, 0.15) is 0 Å². The number of amides is 1. The average Bonchev–Trinajstić information content (AvgIpc) is 2.44. The van der Waals surface area contributed by atoms with Crippen molar-refractivity contribution in [2.45, 2.75) is 19.4 Å². The van der Waals surface area contributed by atoms with Crippen LogP contribution < -0.4 is 10.9 Å². The first-order valence-electron chi connectivity index (χ1n) is 6.53. The van der Waals surface area contributed by atoms with Gasteiger partial charge in [0.15, 0.2) is 0 Å². The molecule has 5 nitrogen and oxygen atoms in total. The Kier molecular flexibility index (Phi) is 4.53. The molecule has 0 spiro atoms. The Morgan fingerprint density at radius 1 is 1.40 bits per heavy atom. The number of H-pyrrole nitrogens is 1. The van der Waals surface area contributed by atoms with E-state index in [1.165, 1.54) is 6.07 Å². The Labute approximate surface area is 117 Å². The third-order valence-corrected chi connectivity index (χ3v) is 3.13. The molecule has 0 saturated heterocycles. The van der Waals surface area contributed by atoms with Gasteiger partial charge in [-0.25, -0.2) is 0 Å². The molecular weight excluding hydrogens is 256 g/mol. The third kappa shape index (κ3) is 3.24. The van der Waals surface area contributed by atoms with Crippen molar-refractivity contribution < 1.29 is 9.53 Å². The summed E-state index contributed by atoms with van der Waals surface area (Å²) in [5.41, 5.74) is 0.779. The fraction of sp³-hybridized carbons (Fsp3) is 0.333. The van der Waals surface area contributed by atoms with Crippen LogP contribution in [0.2, 0.25) is 0 Å². The number of fused-ring (bicyclic) bond motifs is 1. The van der Waals surface area contributed by atoms with E-state index in [1.54, 1.807) is 13.2 Å². The number of ether oxygens (including phenoxy) is 1. The number of aromatic nitrogens is 1. The average molecular weight is 274 g/mol. The summed E-state index contributed by atoms with van der Waals surface area (Å²) in [5, 5.41) is 3.62. The predicted octanol–water partition coefficient (Wildman–Crippen LogP) is 1.68. The molecule has 106 valence electrons. The third-order valence-electron chi connectivity index (χ3n) is 3.13. The van der Waals surface area contributed by atoms with Crippen molar-refractivity contribution in [3.05, 3.63) is 46.2 Å². The van der Waals surface area contributed by atoms with Gasteiger partial charge in [-0.3, -0.25) is 9.59 Å². The van der Waals surface area contributed by atoms with Gasteiger partial charge in [-0.1, -0.05) is 18.2 Å². The zero-order valence-electron chi connectivity index (χ0n) is 11.6. The highest BCUT2D eigenvalue weighted by Crippen LogP contribution is 2.14. The van der Waals surface area contributed by atoms with Crippen LogP contribution in [0.4, 0.5) is 0 Å². The number of para-hydroxylation sites is 1. The molecule has 0 bridgehead atoms. The summed E-state index contributed by atoms with van der Waals surface area (Å²) in [6.07, 6.45) is 0.726. The molecule has 1 aromatic carbocycles. The molecule has 2 rings (SSSR count). The first-order chi connectivity index (χ1) is 9.61. The number of benzene rings is 1. The van der Waals surface area contributed by atoms with E-state index in [0.717, 1.165) is 11.8 Å². The predicted molar refractivity (Wildman–Crippen MR) is 78.0 cm³/mol. The number of hydrogen-bond acceptors (Lipinski definition) is 3. The molecule has 0 radical (unpaired) electrons. The van der Waals surface area contributed by atoms with Gasteiger partial charge in [-0.15, -0.1) is 0 Å². The monoisotopic (exact) mass is 274 g/mol. The fourth-order valence-electron chi connectivity index (χ4n) is 2.06. The summed E-state index contributed by atoms with van der Waals surface area (Å²) in [6, 6.07) is 8.58. The first kappa shape index (κ1) is 14.3. The maximum Gasteiger partial charge on any atom is 0.252 e. The van der Waals surface area contributed by atoms with Crippen molar-refractivity contribution in [1.29, 1.82) is 0 Å². The number of rotatable bonds is 5. The van der Waals surface area contributed by atoms with Gasteiger partial charge in [-0.05, 0) is 19.4 Å².